The number of allylic oxidation sites excluding steroid dienone is 4. The van der Waals surface area contributed by atoms with Crippen LogP contribution in [0, 0.1) is 24.2 Å². The quantitative estimate of drug-likeness (QED) is 0.478. The fraction of sp³-hybridized carbons (Fsp3) is 0.583. The van der Waals surface area contributed by atoms with E-state index in [9.17, 15) is 0 Å². The van der Waals surface area contributed by atoms with Gasteiger partial charge in [-0.15, -0.1) is 0 Å². The van der Waals surface area contributed by atoms with Crippen LogP contribution in [0.2, 0.25) is 0 Å². The van der Waals surface area contributed by atoms with Crippen molar-refractivity contribution in [3.05, 3.63) is 30.2 Å². The molecule has 0 bridgehead atoms. The first kappa shape index (κ1) is 8.10. The molecule has 3 unspecified atom stereocenters. The standard InChI is InChI=1S/C12H17/c1-9-7-8-10(2)12-6-4-3-5-11(9)12/h3-5,7,10-12H,6,8H2,1-2H3. The minimum atomic E-state index is 0.749. The molecule has 65 valence electrons. The number of hydrogen-bond donors (Lipinski definition) is 0. The summed E-state index contributed by atoms with van der Waals surface area (Å²) in [4.78, 5) is 0. The van der Waals surface area contributed by atoms with Gasteiger partial charge in [0.2, 0.25) is 0 Å². The van der Waals surface area contributed by atoms with Gasteiger partial charge in [0.1, 0.15) is 0 Å². The lowest BCUT2D eigenvalue weighted by atomic mass is 9.68. The zero-order chi connectivity index (χ0) is 8.55. The van der Waals surface area contributed by atoms with Crippen molar-refractivity contribution >= 4 is 0 Å². The lowest BCUT2D eigenvalue weighted by Crippen LogP contribution is -2.27. The van der Waals surface area contributed by atoms with E-state index in [4.69, 9.17) is 0 Å². The molecule has 0 N–H and O–H groups in total. The van der Waals surface area contributed by atoms with Crippen molar-refractivity contribution in [2.75, 3.05) is 0 Å². The molecule has 0 aromatic carbocycles. The summed E-state index contributed by atoms with van der Waals surface area (Å²) in [5.41, 5.74) is 1.59. The maximum absolute atomic E-state index is 2.42. The fourth-order valence-corrected chi connectivity index (χ4v) is 2.48. The molecule has 0 saturated carbocycles. The van der Waals surface area contributed by atoms with Crippen molar-refractivity contribution < 1.29 is 0 Å². The first-order valence-electron chi connectivity index (χ1n) is 4.95. The van der Waals surface area contributed by atoms with Crippen LogP contribution in [0.25, 0.3) is 0 Å². The third-order valence-electron chi connectivity index (χ3n) is 3.39. The van der Waals surface area contributed by atoms with Gasteiger partial charge < -0.3 is 0 Å². The van der Waals surface area contributed by atoms with Crippen LogP contribution in [0.5, 0.6) is 0 Å². The van der Waals surface area contributed by atoms with Crippen LogP contribution in [0.4, 0.5) is 0 Å². The van der Waals surface area contributed by atoms with Gasteiger partial charge in [-0.05, 0) is 43.9 Å². The number of fused-ring (bicyclic) bond motifs is 1. The highest BCUT2D eigenvalue weighted by Crippen LogP contribution is 2.40. The Bertz CT molecular complexity index is 222. The first-order valence-corrected chi connectivity index (χ1v) is 4.95. The molecule has 0 aromatic rings. The highest BCUT2D eigenvalue weighted by Gasteiger charge is 2.30. The summed E-state index contributed by atoms with van der Waals surface area (Å²) in [5.74, 6) is 2.51. The molecule has 0 amide bonds. The van der Waals surface area contributed by atoms with Crippen LogP contribution in [-0.2, 0) is 0 Å². The van der Waals surface area contributed by atoms with Gasteiger partial charge in [-0.3, -0.25) is 0 Å². The second-order valence-corrected chi connectivity index (χ2v) is 4.21. The van der Waals surface area contributed by atoms with Crippen molar-refractivity contribution in [3.63, 3.8) is 0 Å². The molecule has 2 rings (SSSR count). The zero-order valence-electron chi connectivity index (χ0n) is 7.96. The Morgan fingerprint density at radius 3 is 2.92 bits per heavy atom. The number of hydrogen-bond acceptors (Lipinski definition) is 0. The maximum Gasteiger partial charge on any atom is -0.00963 e. The fourth-order valence-electron chi connectivity index (χ4n) is 2.48. The van der Waals surface area contributed by atoms with Gasteiger partial charge in [0.05, 0.1) is 0 Å². The smallest absolute Gasteiger partial charge is 0.00963 e. The topological polar surface area (TPSA) is 0 Å². The van der Waals surface area contributed by atoms with Gasteiger partial charge >= 0.3 is 0 Å². The highest BCUT2D eigenvalue weighted by molar-refractivity contribution is 5.22. The lowest BCUT2D eigenvalue weighted by molar-refractivity contribution is 0.275. The van der Waals surface area contributed by atoms with Crippen molar-refractivity contribution in [1.29, 1.82) is 0 Å². The summed E-state index contributed by atoms with van der Waals surface area (Å²) in [6, 6.07) is 0. The van der Waals surface area contributed by atoms with Crippen molar-refractivity contribution in [3.8, 4) is 0 Å². The summed E-state index contributed by atoms with van der Waals surface area (Å²) in [7, 11) is 0. The van der Waals surface area contributed by atoms with E-state index in [-0.39, 0.29) is 0 Å². The Hall–Kier alpha value is -0.520. The minimum absolute atomic E-state index is 0.749. The molecule has 12 heavy (non-hydrogen) atoms. The Labute approximate surface area is 75.4 Å². The van der Waals surface area contributed by atoms with Crippen LogP contribution in [0.1, 0.15) is 26.7 Å². The van der Waals surface area contributed by atoms with E-state index in [1.165, 1.54) is 12.8 Å². The van der Waals surface area contributed by atoms with E-state index in [1.807, 2.05) is 0 Å². The van der Waals surface area contributed by atoms with Crippen LogP contribution in [-0.4, -0.2) is 0 Å². The molecule has 2 aliphatic carbocycles. The van der Waals surface area contributed by atoms with Gasteiger partial charge in [0.15, 0.2) is 0 Å². The lowest BCUT2D eigenvalue weighted by Gasteiger charge is -2.37. The van der Waals surface area contributed by atoms with Gasteiger partial charge in [-0.25, -0.2) is 0 Å². The predicted octanol–water partition coefficient (Wildman–Crippen LogP) is 3.37. The van der Waals surface area contributed by atoms with Crippen LogP contribution in [0.3, 0.4) is 0 Å². The van der Waals surface area contributed by atoms with E-state index in [0.717, 1.165) is 17.8 Å². The summed E-state index contributed by atoms with van der Waals surface area (Å²) in [6.45, 7) is 4.66. The molecular formula is C12H17. The van der Waals surface area contributed by atoms with Gasteiger partial charge in [0, 0.05) is 0 Å². The molecule has 0 aromatic heterocycles. The van der Waals surface area contributed by atoms with E-state index < -0.39 is 0 Å². The predicted molar refractivity (Wildman–Crippen MR) is 52.6 cm³/mol. The molecule has 0 saturated heterocycles. The van der Waals surface area contributed by atoms with E-state index >= 15 is 0 Å². The van der Waals surface area contributed by atoms with Crippen molar-refractivity contribution in [2.45, 2.75) is 26.7 Å². The normalized spacial score (nSPS) is 40.5. The SMILES string of the molecule is CC1=CCC(C)C2CC=C[CH]C12. The molecule has 0 spiro atoms. The molecule has 0 nitrogen and oxygen atoms in total. The summed E-state index contributed by atoms with van der Waals surface area (Å²) in [5, 5.41) is 0. The number of rotatable bonds is 0. The van der Waals surface area contributed by atoms with Crippen LogP contribution < -0.4 is 0 Å². The Kier molecular flexibility index (Phi) is 2.08. The van der Waals surface area contributed by atoms with Gasteiger partial charge in [-0.2, -0.15) is 0 Å². The maximum atomic E-state index is 2.42. The molecule has 1 radical (unpaired) electrons. The van der Waals surface area contributed by atoms with Crippen LogP contribution >= 0.6 is 0 Å². The largest absolute Gasteiger partial charge is 0.0879 e. The third kappa shape index (κ3) is 1.24. The average molecular weight is 161 g/mol. The molecule has 0 heterocycles. The zero-order valence-corrected chi connectivity index (χ0v) is 7.96. The summed E-state index contributed by atoms with van der Waals surface area (Å²) >= 11 is 0. The monoisotopic (exact) mass is 161 g/mol. The molecule has 0 aliphatic heterocycles. The second-order valence-electron chi connectivity index (χ2n) is 4.21. The third-order valence-corrected chi connectivity index (χ3v) is 3.39. The second kappa shape index (κ2) is 3.08. The Balaban J connectivity index is 2.23. The van der Waals surface area contributed by atoms with E-state index in [0.29, 0.717) is 0 Å². The highest BCUT2D eigenvalue weighted by atomic mass is 14.3. The molecule has 0 heteroatoms. The molecular weight excluding hydrogens is 144 g/mol. The first-order chi connectivity index (χ1) is 5.79. The van der Waals surface area contributed by atoms with E-state index in [2.05, 4.69) is 38.5 Å². The van der Waals surface area contributed by atoms with E-state index in [1.54, 1.807) is 5.57 Å². The van der Waals surface area contributed by atoms with Crippen LogP contribution in [0.15, 0.2) is 23.8 Å². The Morgan fingerprint density at radius 1 is 1.33 bits per heavy atom. The average Bonchev–Trinajstić information content (AvgIpc) is 2.12. The van der Waals surface area contributed by atoms with Crippen molar-refractivity contribution in [1.82, 2.24) is 0 Å². The summed E-state index contributed by atoms with van der Waals surface area (Å²) < 4.78 is 0. The van der Waals surface area contributed by atoms with Crippen molar-refractivity contribution in [2.24, 2.45) is 17.8 Å². The molecule has 3 atom stereocenters. The summed E-state index contributed by atoms with van der Waals surface area (Å²) in [6.07, 6.45) is 11.9. The Morgan fingerprint density at radius 2 is 2.17 bits per heavy atom. The minimum Gasteiger partial charge on any atom is -0.0879 e. The molecule has 2 aliphatic rings. The van der Waals surface area contributed by atoms with Gasteiger partial charge in [-0.1, -0.05) is 30.7 Å². The molecule has 0 fully saturated rings. The van der Waals surface area contributed by atoms with Gasteiger partial charge in [0.25, 0.3) is 0 Å².